The van der Waals surface area contributed by atoms with Crippen LogP contribution in [0.5, 0.6) is 6.08 Å². The molecule has 0 atom stereocenters. The topological polar surface area (TPSA) is 90.1 Å². The van der Waals surface area contributed by atoms with E-state index in [0.717, 1.165) is 11.1 Å². The molecule has 0 aliphatic carbocycles. The van der Waals surface area contributed by atoms with Gasteiger partial charge in [0.15, 0.2) is 12.4 Å². The second kappa shape index (κ2) is 8.00. The monoisotopic (exact) mass is 342 g/mol. The number of nitrogens with zero attached hydrogens (tertiary/aromatic N) is 3. The first-order valence-electron chi connectivity index (χ1n) is 7.54. The summed E-state index contributed by atoms with van der Waals surface area (Å²) in [5.41, 5.74) is 1.72. The van der Waals surface area contributed by atoms with Gasteiger partial charge < -0.3 is 10.1 Å². The summed E-state index contributed by atoms with van der Waals surface area (Å²) in [4.78, 5) is 19.7. The van der Waals surface area contributed by atoms with Crippen molar-refractivity contribution in [2.24, 2.45) is 0 Å². The molecule has 0 saturated heterocycles. The van der Waals surface area contributed by atoms with Crippen molar-refractivity contribution in [3.05, 3.63) is 71.6 Å². The van der Waals surface area contributed by atoms with Crippen molar-refractivity contribution in [3.63, 3.8) is 0 Å². The number of halogens is 1. The van der Waals surface area contributed by atoms with Gasteiger partial charge in [0, 0.05) is 25.4 Å². The molecule has 2 aromatic heterocycles. The number of pyridine rings is 1. The molecule has 0 spiro atoms. The average molecular weight is 342 g/mol. The smallest absolute Gasteiger partial charge is 0.417 e. The molecule has 0 unspecified atom stereocenters. The molecule has 1 amide bonds. The highest BCUT2D eigenvalue weighted by Gasteiger charge is 2.10. The van der Waals surface area contributed by atoms with Crippen molar-refractivity contribution in [2.45, 2.75) is 13.0 Å². The lowest BCUT2D eigenvalue weighted by Crippen LogP contribution is -2.28. The second-order valence-electron chi connectivity index (χ2n) is 5.21. The van der Waals surface area contributed by atoms with Crippen LogP contribution in [0.3, 0.4) is 0 Å². The van der Waals surface area contributed by atoms with Crippen LogP contribution < -0.4 is 10.1 Å². The van der Waals surface area contributed by atoms with Crippen LogP contribution in [0.25, 0.3) is 0 Å². The van der Waals surface area contributed by atoms with Crippen molar-refractivity contribution in [2.75, 3.05) is 6.61 Å². The zero-order valence-electron chi connectivity index (χ0n) is 13.2. The van der Waals surface area contributed by atoms with Crippen molar-refractivity contribution in [1.29, 1.82) is 0 Å². The van der Waals surface area contributed by atoms with Crippen molar-refractivity contribution < 1.29 is 18.4 Å². The quantitative estimate of drug-likeness (QED) is 0.705. The zero-order valence-corrected chi connectivity index (χ0v) is 13.2. The summed E-state index contributed by atoms with van der Waals surface area (Å²) < 4.78 is 23.0. The third-order valence-electron chi connectivity index (χ3n) is 3.26. The van der Waals surface area contributed by atoms with Gasteiger partial charge >= 0.3 is 6.08 Å². The number of hydrogen-bond acceptors (Lipinski definition) is 6. The number of rotatable bonds is 7. The zero-order chi connectivity index (χ0) is 17.5. The molecule has 1 aromatic carbocycles. The molecule has 0 saturated carbocycles. The molecule has 0 fully saturated rings. The van der Waals surface area contributed by atoms with Crippen LogP contribution in [0.1, 0.15) is 17.0 Å². The molecule has 3 aromatic rings. The minimum absolute atomic E-state index is 0.0892. The maximum absolute atomic E-state index is 12.9. The lowest BCUT2D eigenvalue weighted by atomic mass is 10.1. The summed E-state index contributed by atoms with van der Waals surface area (Å²) in [6.45, 7) is 0.119. The van der Waals surface area contributed by atoms with Gasteiger partial charge in [0.25, 0.3) is 5.91 Å². The predicted octanol–water partition coefficient (Wildman–Crippen LogP) is 1.89. The van der Waals surface area contributed by atoms with E-state index in [1.165, 1.54) is 12.1 Å². The van der Waals surface area contributed by atoms with E-state index in [0.29, 0.717) is 18.8 Å². The van der Waals surface area contributed by atoms with Gasteiger partial charge in [-0.25, -0.2) is 4.39 Å². The van der Waals surface area contributed by atoms with Gasteiger partial charge in [-0.15, -0.1) is 0 Å². The van der Waals surface area contributed by atoms with Crippen molar-refractivity contribution in [1.82, 2.24) is 20.4 Å². The van der Waals surface area contributed by atoms with Gasteiger partial charge in [0.2, 0.25) is 0 Å². The number of aromatic nitrogens is 3. The summed E-state index contributed by atoms with van der Waals surface area (Å²) in [6.07, 6.45) is 3.61. The van der Waals surface area contributed by atoms with Crippen LogP contribution in [-0.2, 0) is 17.8 Å². The molecule has 0 aliphatic heterocycles. The van der Waals surface area contributed by atoms with E-state index in [4.69, 9.17) is 9.26 Å². The van der Waals surface area contributed by atoms with Gasteiger partial charge in [0.1, 0.15) is 5.82 Å². The Labute approximate surface area is 142 Å². The molecule has 128 valence electrons. The van der Waals surface area contributed by atoms with E-state index in [1.807, 2.05) is 6.07 Å². The van der Waals surface area contributed by atoms with Gasteiger partial charge in [-0.1, -0.05) is 23.4 Å². The van der Waals surface area contributed by atoms with E-state index in [1.54, 1.807) is 30.6 Å². The Morgan fingerprint density at radius 2 is 2.04 bits per heavy atom. The molecule has 0 radical (unpaired) electrons. The maximum Gasteiger partial charge on any atom is 0.417 e. The van der Waals surface area contributed by atoms with Crippen LogP contribution in [0.2, 0.25) is 0 Å². The van der Waals surface area contributed by atoms with Crippen LogP contribution >= 0.6 is 0 Å². The second-order valence-corrected chi connectivity index (χ2v) is 5.21. The molecule has 25 heavy (non-hydrogen) atoms. The maximum atomic E-state index is 12.9. The fourth-order valence-corrected chi connectivity index (χ4v) is 2.03. The molecular weight excluding hydrogens is 327 g/mol. The number of amides is 1. The normalized spacial score (nSPS) is 10.4. The standard InChI is InChI=1S/C17H15FN4O3/c18-14-5-3-12(4-6-14)8-15-21-17(25-22-15)24-11-16(23)20-10-13-2-1-7-19-9-13/h1-7,9H,8,10-11H2,(H,20,23). The Bertz CT molecular complexity index is 821. The highest BCUT2D eigenvalue weighted by Crippen LogP contribution is 2.11. The van der Waals surface area contributed by atoms with Crippen LogP contribution in [0.4, 0.5) is 4.39 Å². The molecular formula is C17H15FN4O3. The number of carbonyl (C=O) groups is 1. The van der Waals surface area contributed by atoms with Crippen LogP contribution in [0, 0.1) is 5.82 Å². The van der Waals surface area contributed by atoms with Crippen molar-refractivity contribution >= 4 is 5.91 Å². The first kappa shape index (κ1) is 16.6. The Kier molecular flexibility index (Phi) is 5.30. The lowest BCUT2D eigenvalue weighted by molar-refractivity contribution is -0.123. The fourth-order valence-electron chi connectivity index (χ4n) is 2.03. The summed E-state index contributed by atoms with van der Waals surface area (Å²) >= 11 is 0. The Balaban J connectivity index is 1.45. The Morgan fingerprint density at radius 1 is 1.20 bits per heavy atom. The molecule has 7 nitrogen and oxygen atoms in total. The third-order valence-corrected chi connectivity index (χ3v) is 3.26. The highest BCUT2D eigenvalue weighted by atomic mass is 19.1. The van der Waals surface area contributed by atoms with Gasteiger partial charge in [-0.05, 0) is 29.3 Å². The Hall–Kier alpha value is -3.29. The van der Waals surface area contributed by atoms with E-state index in [9.17, 15) is 9.18 Å². The number of ether oxygens (including phenoxy) is 1. The minimum Gasteiger partial charge on any atom is -0.439 e. The van der Waals surface area contributed by atoms with E-state index in [-0.39, 0.29) is 24.4 Å². The third kappa shape index (κ3) is 5.10. The molecule has 1 N–H and O–H groups in total. The summed E-state index contributed by atoms with van der Waals surface area (Å²) in [5, 5.41) is 6.45. The molecule has 3 rings (SSSR count). The Morgan fingerprint density at radius 3 is 2.80 bits per heavy atom. The highest BCUT2D eigenvalue weighted by molar-refractivity contribution is 5.77. The predicted molar refractivity (Wildman–Crippen MR) is 85.1 cm³/mol. The summed E-state index contributed by atoms with van der Waals surface area (Å²) in [6, 6.07) is 9.64. The molecule has 8 heteroatoms. The fraction of sp³-hybridized carbons (Fsp3) is 0.176. The van der Waals surface area contributed by atoms with Crippen LogP contribution in [0.15, 0.2) is 53.3 Å². The first-order chi connectivity index (χ1) is 12.2. The largest absolute Gasteiger partial charge is 0.439 e. The van der Waals surface area contributed by atoms with Gasteiger partial charge in [0.05, 0.1) is 0 Å². The number of benzene rings is 1. The first-order valence-corrected chi connectivity index (χ1v) is 7.54. The van der Waals surface area contributed by atoms with Gasteiger partial charge in [-0.2, -0.15) is 4.98 Å². The van der Waals surface area contributed by atoms with Crippen LogP contribution in [-0.4, -0.2) is 27.6 Å². The van der Waals surface area contributed by atoms with Gasteiger partial charge in [-0.3, -0.25) is 14.3 Å². The number of nitrogens with one attached hydrogen (secondary N) is 1. The molecule has 0 aliphatic rings. The number of hydrogen-bond donors (Lipinski definition) is 1. The number of carbonyl (C=O) groups excluding carboxylic acids is 1. The molecule has 2 heterocycles. The SMILES string of the molecule is O=C(COc1nc(Cc2ccc(F)cc2)no1)NCc1cccnc1. The van der Waals surface area contributed by atoms with E-state index < -0.39 is 0 Å². The van der Waals surface area contributed by atoms with E-state index in [2.05, 4.69) is 20.4 Å². The lowest BCUT2D eigenvalue weighted by Gasteiger charge is -2.04. The van der Waals surface area contributed by atoms with Crippen molar-refractivity contribution in [3.8, 4) is 6.08 Å². The summed E-state index contributed by atoms with van der Waals surface area (Å²) in [5.74, 6) is -0.238. The summed E-state index contributed by atoms with van der Waals surface area (Å²) in [7, 11) is 0. The minimum atomic E-state index is -0.317. The molecule has 0 bridgehead atoms. The van der Waals surface area contributed by atoms with E-state index >= 15 is 0 Å². The average Bonchev–Trinajstić information content (AvgIpc) is 3.08.